The second kappa shape index (κ2) is 3.65. The number of nitrogens with two attached hydrogens (primary N) is 1. The van der Waals surface area contributed by atoms with E-state index in [-0.39, 0.29) is 5.41 Å². The molecule has 0 unspecified atom stereocenters. The Balaban J connectivity index is 2.08. The summed E-state index contributed by atoms with van der Waals surface area (Å²) in [4.78, 5) is 1.51. The smallest absolute Gasteiger partial charge is 0.175 e. The molecule has 78 valence electrons. The maximum atomic E-state index is 5.84. The van der Waals surface area contributed by atoms with Crippen LogP contribution in [-0.2, 0) is 13.5 Å². The van der Waals surface area contributed by atoms with Crippen molar-refractivity contribution in [2.45, 2.75) is 32.1 Å². The molecule has 5 heteroatoms. The molecule has 1 aliphatic rings. The molecule has 0 saturated heterocycles. The third-order valence-electron chi connectivity index (χ3n) is 3.18. The minimum Gasteiger partial charge on any atom is -0.330 e. The standard InChI is InChI=1S/C9H17N5/c1-14-12-8(11-13-14)6-9(7-10)4-2-3-5-9/h2-7,10H2,1H3. The summed E-state index contributed by atoms with van der Waals surface area (Å²) < 4.78 is 0. The average Bonchev–Trinajstić information content (AvgIpc) is 2.77. The third-order valence-corrected chi connectivity index (χ3v) is 3.18. The molecule has 0 aromatic carbocycles. The molecule has 1 aromatic heterocycles. The van der Waals surface area contributed by atoms with E-state index in [1.54, 1.807) is 7.05 Å². The zero-order chi connectivity index (χ0) is 10.0. The Morgan fingerprint density at radius 1 is 1.43 bits per heavy atom. The van der Waals surface area contributed by atoms with Crippen molar-refractivity contribution in [3.63, 3.8) is 0 Å². The molecule has 2 rings (SSSR count). The molecule has 2 N–H and O–H groups in total. The molecule has 0 radical (unpaired) electrons. The lowest BCUT2D eigenvalue weighted by Crippen LogP contribution is -2.30. The van der Waals surface area contributed by atoms with Crippen molar-refractivity contribution in [1.82, 2.24) is 20.2 Å². The van der Waals surface area contributed by atoms with Crippen molar-refractivity contribution in [3.05, 3.63) is 5.82 Å². The van der Waals surface area contributed by atoms with Crippen LogP contribution < -0.4 is 5.73 Å². The number of aryl methyl sites for hydroxylation is 1. The van der Waals surface area contributed by atoms with Gasteiger partial charge in [-0.05, 0) is 30.0 Å². The lowest BCUT2D eigenvalue weighted by Gasteiger charge is -2.24. The van der Waals surface area contributed by atoms with Crippen LogP contribution in [0.5, 0.6) is 0 Å². The Morgan fingerprint density at radius 3 is 2.64 bits per heavy atom. The molecule has 1 heterocycles. The lowest BCUT2D eigenvalue weighted by molar-refractivity contribution is 0.299. The quantitative estimate of drug-likeness (QED) is 0.751. The first-order valence-corrected chi connectivity index (χ1v) is 5.17. The van der Waals surface area contributed by atoms with Crippen LogP contribution in [0.3, 0.4) is 0 Å². The molecule has 1 aromatic rings. The Kier molecular flexibility index (Phi) is 2.50. The Labute approximate surface area is 83.7 Å². The van der Waals surface area contributed by atoms with Crippen molar-refractivity contribution in [2.75, 3.05) is 6.54 Å². The van der Waals surface area contributed by atoms with E-state index in [9.17, 15) is 0 Å². The summed E-state index contributed by atoms with van der Waals surface area (Å²) in [6, 6.07) is 0. The van der Waals surface area contributed by atoms with Gasteiger partial charge in [0.2, 0.25) is 0 Å². The van der Waals surface area contributed by atoms with E-state index in [4.69, 9.17) is 5.73 Å². The number of hydrogen-bond donors (Lipinski definition) is 1. The van der Waals surface area contributed by atoms with Gasteiger partial charge in [-0.15, -0.1) is 10.2 Å². The van der Waals surface area contributed by atoms with Crippen LogP contribution in [-0.4, -0.2) is 26.8 Å². The second-order valence-corrected chi connectivity index (χ2v) is 4.28. The van der Waals surface area contributed by atoms with Gasteiger partial charge in [-0.3, -0.25) is 0 Å². The van der Waals surface area contributed by atoms with Crippen molar-refractivity contribution in [3.8, 4) is 0 Å². The molecule has 1 aliphatic carbocycles. The van der Waals surface area contributed by atoms with E-state index in [1.807, 2.05) is 0 Å². The normalized spacial score (nSPS) is 20.1. The van der Waals surface area contributed by atoms with Crippen LogP contribution in [0.25, 0.3) is 0 Å². The maximum absolute atomic E-state index is 5.84. The van der Waals surface area contributed by atoms with Gasteiger partial charge < -0.3 is 5.73 Å². The number of hydrogen-bond acceptors (Lipinski definition) is 4. The van der Waals surface area contributed by atoms with E-state index >= 15 is 0 Å². The summed E-state index contributed by atoms with van der Waals surface area (Å²) in [5, 5.41) is 12.1. The highest BCUT2D eigenvalue weighted by molar-refractivity contribution is 4.94. The maximum Gasteiger partial charge on any atom is 0.175 e. The van der Waals surface area contributed by atoms with E-state index in [0.717, 1.165) is 18.8 Å². The van der Waals surface area contributed by atoms with Gasteiger partial charge in [0.05, 0.1) is 7.05 Å². The first-order chi connectivity index (χ1) is 6.74. The predicted octanol–water partition coefficient (Wildman–Crippen LogP) is 0.272. The zero-order valence-corrected chi connectivity index (χ0v) is 8.61. The highest BCUT2D eigenvalue weighted by Crippen LogP contribution is 2.39. The Bertz CT molecular complexity index is 300. The molecule has 0 spiro atoms. The number of rotatable bonds is 3. The van der Waals surface area contributed by atoms with Crippen molar-refractivity contribution >= 4 is 0 Å². The van der Waals surface area contributed by atoms with Gasteiger partial charge in [0.25, 0.3) is 0 Å². The van der Waals surface area contributed by atoms with Crippen LogP contribution in [0.15, 0.2) is 0 Å². The molecular formula is C9H17N5. The molecule has 5 nitrogen and oxygen atoms in total. The van der Waals surface area contributed by atoms with Gasteiger partial charge >= 0.3 is 0 Å². The number of nitrogens with zero attached hydrogens (tertiary/aromatic N) is 4. The van der Waals surface area contributed by atoms with Gasteiger partial charge in [0, 0.05) is 6.42 Å². The van der Waals surface area contributed by atoms with Gasteiger partial charge in [0.1, 0.15) is 0 Å². The predicted molar refractivity (Wildman–Crippen MR) is 52.5 cm³/mol. The van der Waals surface area contributed by atoms with Gasteiger partial charge in [-0.2, -0.15) is 4.80 Å². The minimum atomic E-state index is 0.253. The first-order valence-electron chi connectivity index (χ1n) is 5.17. The second-order valence-electron chi connectivity index (χ2n) is 4.28. The SMILES string of the molecule is Cn1nnc(CC2(CN)CCCC2)n1. The Morgan fingerprint density at radius 2 is 2.14 bits per heavy atom. The largest absolute Gasteiger partial charge is 0.330 e. The van der Waals surface area contributed by atoms with E-state index < -0.39 is 0 Å². The molecule has 1 saturated carbocycles. The molecule has 0 amide bonds. The average molecular weight is 195 g/mol. The first kappa shape index (κ1) is 9.58. The number of aromatic nitrogens is 4. The van der Waals surface area contributed by atoms with Gasteiger partial charge in [0.15, 0.2) is 5.82 Å². The summed E-state index contributed by atoms with van der Waals surface area (Å²) in [6.45, 7) is 0.741. The molecular weight excluding hydrogens is 178 g/mol. The topological polar surface area (TPSA) is 69.6 Å². The van der Waals surface area contributed by atoms with Gasteiger partial charge in [-0.1, -0.05) is 12.8 Å². The molecule has 0 bridgehead atoms. The van der Waals surface area contributed by atoms with E-state index in [0.29, 0.717) is 0 Å². The summed E-state index contributed by atoms with van der Waals surface area (Å²) >= 11 is 0. The fourth-order valence-corrected chi connectivity index (χ4v) is 2.31. The minimum absolute atomic E-state index is 0.253. The van der Waals surface area contributed by atoms with Crippen LogP contribution in [0.4, 0.5) is 0 Å². The summed E-state index contributed by atoms with van der Waals surface area (Å²) in [7, 11) is 1.79. The van der Waals surface area contributed by atoms with E-state index in [1.165, 1.54) is 30.5 Å². The molecule has 0 atom stereocenters. The zero-order valence-electron chi connectivity index (χ0n) is 8.61. The van der Waals surface area contributed by atoms with Gasteiger partial charge in [-0.25, -0.2) is 0 Å². The molecule has 14 heavy (non-hydrogen) atoms. The lowest BCUT2D eigenvalue weighted by atomic mass is 9.83. The fourth-order valence-electron chi connectivity index (χ4n) is 2.31. The monoisotopic (exact) mass is 195 g/mol. The fraction of sp³-hybridized carbons (Fsp3) is 0.889. The molecule has 0 aliphatic heterocycles. The highest BCUT2D eigenvalue weighted by Gasteiger charge is 2.33. The van der Waals surface area contributed by atoms with Crippen molar-refractivity contribution in [2.24, 2.45) is 18.2 Å². The summed E-state index contributed by atoms with van der Waals surface area (Å²) in [6.07, 6.45) is 5.88. The summed E-state index contributed by atoms with van der Waals surface area (Å²) in [5.74, 6) is 0.833. The van der Waals surface area contributed by atoms with Crippen molar-refractivity contribution in [1.29, 1.82) is 0 Å². The molecule has 1 fully saturated rings. The number of tetrazole rings is 1. The third kappa shape index (κ3) is 1.77. The highest BCUT2D eigenvalue weighted by atomic mass is 15.6. The van der Waals surface area contributed by atoms with Crippen LogP contribution in [0, 0.1) is 5.41 Å². The van der Waals surface area contributed by atoms with E-state index in [2.05, 4.69) is 15.4 Å². The summed E-state index contributed by atoms with van der Waals surface area (Å²) in [5.41, 5.74) is 6.09. The Hall–Kier alpha value is -0.970. The van der Waals surface area contributed by atoms with Crippen LogP contribution in [0.1, 0.15) is 31.5 Å². The van der Waals surface area contributed by atoms with Crippen LogP contribution in [0.2, 0.25) is 0 Å². The van der Waals surface area contributed by atoms with Crippen molar-refractivity contribution < 1.29 is 0 Å². The van der Waals surface area contributed by atoms with Crippen LogP contribution >= 0.6 is 0 Å².